The average molecular weight is 358 g/mol. The maximum Gasteiger partial charge on any atom is 0.276 e. The summed E-state index contributed by atoms with van der Waals surface area (Å²) in [5, 5.41) is 7.44. The molecule has 0 unspecified atom stereocenters. The van der Waals surface area contributed by atoms with Crippen molar-refractivity contribution in [2.45, 2.75) is 59.9 Å². The molecule has 26 heavy (non-hydrogen) atoms. The molecule has 2 aromatic rings. The third-order valence-corrected chi connectivity index (χ3v) is 4.29. The van der Waals surface area contributed by atoms with E-state index < -0.39 is 0 Å². The predicted molar refractivity (Wildman–Crippen MR) is 107 cm³/mol. The minimum Gasteiger partial charge on any atom is -0.357 e. The van der Waals surface area contributed by atoms with Crippen LogP contribution in [0, 0.1) is 0 Å². The fourth-order valence-corrected chi connectivity index (χ4v) is 2.84. The lowest BCUT2D eigenvalue weighted by atomic mass is 10.1. The number of aromatic nitrogens is 3. The molecule has 1 N–H and O–H groups in total. The van der Waals surface area contributed by atoms with Gasteiger partial charge in [-0.2, -0.15) is 5.10 Å². The maximum absolute atomic E-state index is 12.6. The molecule has 0 aliphatic carbocycles. The van der Waals surface area contributed by atoms with E-state index in [2.05, 4.69) is 68.8 Å². The van der Waals surface area contributed by atoms with E-state index in [0.717, 1.165) is 24.6 Å². The Balaban J connectivity index is 2.20. The van der Waals surface area contributed by atoms with Crippen molar-refractivity contribution in [3.8, 4) is 0 Å². The molecule has 0 spiro atoms. The molecule has 0 saturated heterocycles. The molecule has 0 aromatic carbocycles. The van der Waals surface area contributed by atoms with E-state index in [4.69, 9.17) is 0 Å². The standard InChI is InChI=1S/C20H31N5O/c1-8-24(9-2)18-11-10-15(13-21-18)22-19(26)16-12-17(14(3)4)25(23-16)20(5,6)7/h10-14H,8-9H2,1-7H3,(H,22,26). The summed E-state index contributed by atoms with van der Waals surface area (Å²) in [5.41, 5.74) is 1.97. The molecular weight excluding hydrogens is 326 g/mol. The number of nitrogens with zero attached hydrogens (tertiary/aromatic N) is 4. The number of amides is 1. The Morgan fingerprint density at radius 2 is 1.88 bits per heavy atom. The zero-order valence-corrected chi connectivity index (χ0v) is 17.0. The van der Waals surface area contributed by atoms with Crippen LogP contribution in [0.2, 0.25) is 0 Å². The minimum absolute atomic E-state index is 0.175. The first-order valence-corrected chi connectivity index (χ1v) is 9.30. The summed E-state index contributed by atoms with van der Waals surface area (Å²) in [6, 6.07) is 5.68. The third kappa shape index (κ3) is 4.42. The second-order valence-electron chi connectivity index (χ2n) is 7.72. The van der Waals surface area contributed by atoms with Gasteiger partial charge in [-0.05, 0) is 58.7 Å². The number of hydrogen-bond donors (Lipinski definition) is 1. The van der Waals surface area contributed by atoms with E-state index in [-0.39, 0.29) is 11.4 Å². The Hall–Kier alpha value is -2.37. The van der Waals surface area contributed by atoms with E-state index in [1.165, 1.54) is 0 Å². The van der Waals surface area contributed by atoms with E-state index in [9.17, 15) is 4.79 Å². The molecule has 1 amide bonds. The molecule has 0 aliphatic heterocycles. The van der Waals surface area contributed by atoms with Crippen LogP contribution in [0.25, 0.3) is 0 Å². The summed E-state index contributed by atoms with van der Waals surface area (Å²) < 4.78 is 1.94. The molecule has 0 radical (unpaired) electrons. The van der Waals surface area contributed by atoms with Crippen molar-refractivity contribution >= 4 is 17.4 Å². The Bertz CT molecular complexity index is 737. The Kier molecular flexibility index (Phi) is 6.05. The molecule has 6 nitrogen and oxygen atoms in total. The highest BCUT2D eigenvalue weighted by Crippen LogP contribution is 2.24. The monoisotopic (exact) mass is 357 g/mol. The van der Waals surface area contributed by atoms with Gasteiger partial charge in [0.15, 0.2) is 5.69 Å². The van der Waals surface area contributed by atoms with Gasteiger partial charge < -0.3 is 10.2 Å². The van der Waals surface area contributed by atoms with Crippen LogP contribution in [0.1, 0.15) is 70.6 Å². The largest absolute Gasteiger partial charge is 0.357 e. The average Bonchev–Trinajstić information content (AvgIpc) is 3.03. The topological polar surface area (TPSA) is 63.1 Å². The minimum atomic E-state index is -0.215. The molecule has 0 atom stereocenters. The second-order valence-corrected chi connectivity index (χ2v) is 7.72. The highest BCUT2D eigenvalue weighted by molar-refractivity contribution is 6.02. The second kappa shape index (κ2) is 7.89. The molecule has 2 aromatic heterocycles. The first-order valence-electron chi connectivity index (χ1n) is 9.30. The normalized spacial score (nSPS) is 11.7. The predicted octanol–water partition coefficient (Wildman–Crippen LogP) is 4.26. The van der Waals surface area contributed by atoms with Crippen molar-refractivity contribution in [3.63, 3.8) is 0 Å². The summed E-state index contributed by atoms with van der Waals surface area (Å²) in [4.78, 5) is 19.2. The van der Waals surface area contributed by atoms with Gasteiger partial charge in [-0.25, -0.2) is 4.98 Å². The quantitative estimate of drug-likeness (QED) is 0.839. The van der Waals surface area contributed by atoms with E-state index >= 15 is 0 Å². The molecule has 0 fully saturated rings. The number of anilines is 2. The van der Waals surface area contributed by atoms with Crippen LogP contribution in [-0.4, -0.2) is 33.8 Å². The summed E-state index contributed by atoms with van der Waals surface area (Å²) >= 11 is 0. The van der Waals surface area contributed by atoms with E-state index in [1.807, 2.05) is 22.9 Å². The van der Waals surface area contributed by atoms with Crippen LogP contribution in [0.3, 0.4) is 0 Å². The number of carbonyl (C=O) groups excluding carboxylic acids is 1. The number of rotatable bonds is 6. The number of nitrogens with one attached hydrogen (secondary N) is 1. The molecule has 0 bridgehead atoms. The first kappa shape index (κ1) is 19.9. The first-order chi connectivity index (χ1) is 12.2. The lowest BCUT2D eigenvalue weighted by Gasteiger charge is -2.23. The van der Waals surface area contributed by atoms with E-state index in [1.54, 1.807) is 6.20 Å². The van der Waals surface area contributed by atoms with Crippen molar-refractivity contribution < 1.29 is 4.79 Å². The summed E-state index contributed by atoms with van der Waals surface area (Å²) in [5.74, 6) is 0.984. The Morgan fingerprint density at radius 1 is 1.23 bits per heavy atom. The van der Waals surface area contributed by atoms with Gasteiger partial charge in [0.25, 0.3) is 5.91 Å². The van der Waals surface area contributed by atoms with Crippen molar-refractivity contribution in [3.05, 3.63) is 35.8 Å². The van der Waals surface area contributed by atoms with Crippen LogP contribution in [0.5, 0.6) is 0 Å². The molecular formula is C20H31N5O. The number of pyridine rings is 1. The van der Waals surface area contributed by atoms with E-state index in [0.29, 0.717) is 17.3 Å². The number of hydrogen-bond acceptors (Lipinski definition) is 4. The maximum atomic E-state index is 12.6. The fourth-order valence-electron chi connectivity index (χ4n) is 2.84. The van der Waals surface area contributed by atoms with Crippen molar-refractivity contribution in [1.29, 1.82) is 0 Å². The Labute approximate surface area is 156 Å². The highest BCUT2D eigenvalue weighted by atomic mass is 16.2. The molecule has 2 rings (SSSR count). The molecule has 6 heteroatoms. The molecule has 0 saturated carbocycles. The van der Waals surface area contributed by atoms with Gasteiger partial charge in [-0.1, -0.05) is 13.8 Å². The lowest BCUT2D eigenvalue weighted by Crippen LogP contribution is -2.26. The fraction of sp³-hybridized carbons (Fsp3) is 0.550. The van der Waals surface area contributed by atoms with Gasteiger partial charge in [0.1, 0.15) is 5.82 Å². The lowest BCUT2D eigenvalue weighted by molar-refractivity contribution is 0.102. The number of carbonyl (C=O) groups is 1. The summed E-state index contributed by atoms with van der Waals surface area (Å²) in [6.45, 7) is 16.5. The van der Waals surface area contributed by atoms with Crippen LogP contribution in [-0.2, 0) is 5.54 Å². The van der Waals surface area contributed by atoms with Gasteiger partial charge in [0.05, 0.1) is 17.4 Å². The summed E-state index contributed by atoms with van der Waals surface area (Å²) in [6.07, 6.45) is 1.69. The zero-order chi connectivity index (χ0) is 19.5. The summed E-state index contributed by atoms with van der Waals surface area (Å²) in [7, 11) is 0. The van der Waals surface area contributed by atoms with Crippen LogP contribution >= 0.6 is 0 Å². The molecule has 0 aliphatic rings. The smallest absolute Gasteiger partial charge is 0.276 e. The van der Waals surface area contributed by atoms with Gasteiger partial charge >= 0.3 is 0 Å². The van der Waals surface area contributed by atoms with Gasteiger partial charge in [-0.15, -0.1) is 0 Å². The van der Waals surface area contributed by atoms with Crippen LogP contribution < -0.4 is 10.2 Å². The zero-order valence-electron chi connectivity index (χ0n) is 17.0. The van der Waals surface area contributed by atoms with Crippen molar-refractivity contribution in [1.82, 2.24) is 14.8 Å². The van der Waals surface area contributed by atoms with Gasteiger partial charge in [0.2, 0.25) is 0 Å². The van der Waals surface area contributed by atoms with Gasteiger partial charge in [-0.3, -0.25) is 9.48 Å². The van der Waals surface area contributed by atoms with Crippen molar-refractivity contribution in [2.75, 3.05) is 23.3 Å². The third-order valence-electron chi connectivity index (χ3n) is 4.29. The van der Waals surface area contributed by atoms with Gasteiger partial charge in [0, 0.05) is 18.8 Å². The molecule has 142 valence electrons. The van der Waals surface area contributed by atoms with Crippen LogP contribution in [0.15, 0.2) is 24.4 Å². The Morgan fingerprint density at radius 3 is 2.31 bits per heavy atom. The highest BCUT2D eigenvalue weighted by Gasteiger charge is 2.23. The SMILES string of the molecule is CCN(CC)c1ccc(NC(=O)c2cc(C(C)C)n(C(C)(C)C)n2)cn1. The van der Waals surface area contributed by atoms with Crippen molar-refractivity contribution in [2.24, 2.45) is 0 Å². The molecule has 2 heterocycles. The van der Waals surface area contributed by atoms with Crippen LogP contribution in [0.4, 0.5) is 11.5 Å².